The van der Waals surface area contributed by atoms with Crippen molar-refractivity contribution in [1.29, 1.82) is 0 Å². The highest BCUT2D eigenvalue weighted by atomic mass is 32.1. The van der Waals surface area contributed by atoms with E-state index in [1.54, 1.807) is 12.1 Å². The molecular formula is C19H20O4S. The van der Waals surface area contributed by atoms with Crippen molar-refractivity contribution in [3.05, 3.63) is 59.7 Å². The molecule has 4 nitrogen and oxygen atoms in total. The van der Waals surface area contributed by atoms with Crippen molar-refractivity contribution in [3.63, 3.8) is 0 Å². The van der Waals surface area contributed by atoms with Crippen LogP contribution in [0.15, 0.2) is 48.5 Å². The van der Waals surface area contributed by atoms with Crippen molar-refractivity contribution in [2.45, 2.75) is 19.3 Å². The fraction of sp³-hybridized carbons (Fsp3) is 0.263. The molecule has 0 amide bonds. The van der Waals surface area contributed by atoms with Gasteiger partial charge in [0.15, 0.2) is 0 Å². The van der Waals surface area contributed by atoms with Crippen molar-refractivity contribution in [1.82, 2.24) is 0 Å². The molecule has 0 aliphatic rings. The van der Waals surface area contributed by atoms with E-state index in [1.165, 1.54) is 0 Å². The van der Waals surface area contributed by atoms with Crippen LogP contribution >= 0.6 is 12.6 Å². The minimum absolute atomic E-state index is 0.171. The van der Waals surface area contributed by atoms with Gasteiger partial charge in [-0.2, -0.15) is 12.6 Å². The molecule has 1 atom stereocenters. The minimum atomic E-state index is -1.02. The van der Waals surface area contributed by atoms with Gasteiger partial charge in [0.25, 0.3) is 0 Å². The molecule has 0 spiro atoms. The van der Waals surface area contributed by atoms with Crippen molar-refractivity contribution in [2.75, 3.05) is 5.75 Å². The Morgan fingerprint density at radius 1 is 1.00 bits per heavy atom. The summed E-state index contributed by atoms with van der Waals surface area (Å²) < 4.78 is 0. The number of carboxylic acids is 2. The monoisotopic (exact) mass is 344 g/mol. The summed E-state index contributed by atoms with van der Waals surface area (Å²) in [5.74, 6) is -1.78. The fourth-order valence-corrected chi connectivity index (χ4v) is 2.85. The number of hydrogen-bond acceptors (Lipinski definition) is 3. The molecule has 126 valence electrons. The molecule has 0 aliphatic carbocycles. The molecule has 2 N–H and O–H groups in total. The number of aliphatic carboxylic acids is 1. The largest absolute Gasteiger partial charge is 0.481 e. The van der Waals surface area contributed by atoms with Gasteiger partial charge in [0.05, 0.1) is 11.5 Å². The Balaban J connectivity index is 2.36. The predicted octanol–water partition coefficient (Wildman–Crippen LogP) is 4.01. The van der Waals surface area contributed by atoms with Crippen molar-refractivity contribution in [3.8, 4) is 11.1 Å². The number of aromatic carboxylic acids is 1. The SMILES string of the molecule is O=C(O)c1cc(CC(CCCS)C(=O)O)cc(-c2ccccc2)c1. The summed E-state index contributed by atoms with van der Waals surface area (Å²) >= 11 is 4.13. The van der Waals surface area contributed by atoms with E-state index in [4.69, 9.17) is 0 Å². The smallest absolute Gasteiger partial charge is 0.335 e. The normalized spacial score (nSPS) is 11.9. The van der Waals surface area contributed by atoms with Crippen LogP contribution in [0.4, 0.5) is 0 Å². The highest BCUT2D eigenvalue weighted by molar-refractivity contribution is 7.80. The van der Waals surface area contributed by atoms with E-state index >= 15 is 0 Å². The van der Waals surface area contributed by atoms with Gasteiger partial charge in [0.1, 0.15) is 0 Å². The molecular weight excluding hydrogens is 324 g/mol. The lowest BCUT2D eigenvalue weighted by Gasteiger charge is -2.14. The van der Waals surface area contributed by atoms with Crippen LogP contribution in [0.3, 0.4) is 0 Å². The maximum atomic E-state index is 11.4. The van der Waals surface area contributed by atoms with Crippen molar-refractivity contribution >= 4 is 24.6 Å². The highest BCUT2D eigenvalue weighted by Gasteiger charge is 2.19. The summed E-state index contributed by atoms with van der Waals surface area (Å²) in [5.41, 5.74) is 2.58. The molecule has 0 aromatic heterocycles. The third-order valence-corrected chi connectivity index (χ3v) is 4.21. The molecule has 0 bridgehead atoms. The summed E-state index contributed by atoms with van der Waals surface area (Å²) in [6.45, 7) is 0. The van der Waals surface area contributed by atoms with Crippen molar-refractivity contribution in [2.24, 2.45) is 5.92 Å². The number of rotatable bonds is 8. The van der Waals surface area contributed by atoms with Crippen LogP contribution in [-0.4, -0.2) is 27.9 Å². The first-order chi connectivity index (χ1) is 11.5. The first-order valence-corrected chi connectivity index (χ1v) is 8.41. The van der Waals surface area contributed by atoms with E-state index in [0.717, 1.165) is 16.7 Å². The van der Waals surface area contributed by atoms with E-state index in [-0.39, 0.29) is 5.56 Å². The Morgan fingerprint density at radius 3 is 2.29 bits per heavy atom. The zero-order valence-electron chi connectivity index (χ0n) is 13.2. The zero-order chi connectivity index (χ0) is 17.5. The molecule has 0 radical (unpaired) electrons. The topological polar surface area (TPSA) is 74.6 Å². The lowest BCUT2D eigenvalue weighted by molar-refractivity contribution is -0.141. The number of benzene rings is 2. The molecule has 0 heterocycles. The first-order valence-electron chi connectivity index (χ1n) is 7.77. The fourth-order valence-electron chi connectivity index (χ4n) is 2.67. The second kappa shape index (κ2) is 8.55. The van der Waals surface area contributed by atoms with E-state index in [2.05, 4.69) is 12.6 Å². The third-order valence-electron chi connectivity index (χ3n) is 3.89. The van der Waals surface area contributed by atoms with Crippen molar-refractivity contribution < 1.29 is 19.8 Å². The van der Waals surface area contributed by atoms with Gasteiger partial charge in [-0.1, -0.05) is 36.4 Å². The van der Waals surface area contributed by atoms with Gasteiger partial charge < -0.3 is 10.2 Å². The first kappa shape index (κ1) is 18.1. The van der Waals surface area contributed by atoms with Crippen LogP contribution in [0.2, 0.25) is 0 Å². The third kappa shape index (κ3) is 4.86. The highest BCUT2D eigenvalue weighted by Crippen LogP contribution is 2.25. The maximum Gasteiger partial charge on any atom is 0.335 e. The minimum Gasteiger partial charge on any atom is -0.481 e. The maximum absolute atomic E-state index is 11.4. The molecule has 5 heteroatoms. The molecule has 0 saturated carbocycles. The van der Waals surface area contributed by atoms with Gasteiger partial charge in [0, 0.05) is 0 Å². The number of hydrogen-bond donors (Lipinski definition) is 3. The molecule has 1 unspecified atom stereocenters. The lowest BCUT2D eigenvalue weighted by Crippen LogP contribution is -2.17. The summed E-state index contributed by atoms with van der Waals surface area (Å²) in [7, 11) is 0. The zero-order valence-corrected chi connectivity index (χ0v) is 14.1. The Hall–Kier alpha value is -2.27. The summed E-state index contributed by atoms with van der Waals surface area (Å²) in [4.78, 5) is 22.8. The Kier molecular flexibility index (Phi) is 6.44. The summed E-state index contributed by atoms with van der Waals surface area (Å²) in [6.07, 6.45) is 1.55. The molecule has 0 aliphatic heterocycles. The summed E-state index contributed by atoms with van der Waals surface area (Å²) in [6, 6.07) is 14.5. The molecule has 2 aromatic carbocycles. The quantitative estimate of drug-likeness (QED) is 0.633. The van der Waals surface area contributed by atoms with Crippen LogP contribution in [0, 0.1) is 5.92 Å². The standard InChI is InChI=1S/C19H20O4S/c20-18(21)15(7-4-8-24)9-13-10-16(12-17(11-13)19(22)23)14-5-2-1-3-6-14/h1-3,5-6,10-12,15,24H,4,7-9H2,(H,20,21)(H,22,23). The van der Waals surface area contributed by atoms with Gasteiger partial charge in [-0.3, -0.25) is 4.79 Å². The number of thiol groups is 1. The number of carboxylic acid groups (broad SMARTS) is 2. The van der Waals surface area contributed by atoms with Gasteiger partial charge in [-0.25, -0.2) is 4.79 Å². The predicted molar refractivity (Wildman–Crippen MR) is 96.8 cm³/mol. The second-order valence-electron chi connectivity index (χ2n) is 5.69. The average molecular weight is 344 g/mol. The molecule has 2 rings (SSSR count). The van der Waals surface area contributed by atoms with Crippen LogP contribution in [0.25, 0.3) is 11.1 Å². The van der Waals surface area contributed by atoms with Crippen LogP contribution < -0.4 is 0 Å². The second-order valence-corrected chi connectivity index (χ2v) is 6.14. The van der Waals surface area contributed by atoms with Gasteiger partial charge in [-0.15, -0.1) is 0 Å². The molecule has 2 aromatic rings. The van der Waals surface area contributed by atoms with Crippen LogP contribution in [-0.2, 0) is 11.2 Å². The summed E-state index contributed by atoms with van der Waals surface area (Å²) in [5, 5.41) is 18.7. The van der Waals surface area contributed by atoms with Gasteiger partial charge in [0.2, 0.25) is 0 Å². The van der Waals surface area contributed by atoms with E-state index in [1.807, 2.05) is 36.4 Å². The van der Waals surface area contributed by atoms with E-state index in [0.29, 0.717) is 25.0 Å². The van der Waals surface area contributed by atoms with Gasteiger partial charge >= 0.3 is 11.9 Å². The Morgan fingerprint density at radius 2 is 1.71 bits per heavy atom. The Bertz CT molecular complexity index is 713. The molecule has 24 heavy (non-hydrogen) atoms. The lowest BCUT2D eigenvalue weighted by atomic mass is 9.91. The van der Waals surface area contributed by atoms with Crippen LogP contribution in [0.5, 0.6) is 0 Å². The molecule has 0 saturated heterocycles. The van der Waals surface area contributed by atoms with Gasteiger partial charge in [-0.05, 0) is 53.8 Å². The number of carbonyl (C=O) groups is 2. The van der Waals surface area contributed by atoms with E-state index in [9.17, 15) is 19.8 Å². The van der Waals surface area contributed by atoms with Crippen LogP contribution in [0.1, 0.15) is 28.8 Å². The average Bonchev–Trinajstić information content (AvgIpc) is 2.58. The molecule has 0 fully saturated rings. The van der Waals surface area contributed by atoms with E-state index < -0.39 is 17.9 Å². The Labute approximate surface area is 146 Å².